The minimum Gasteiger partial charge on any atom is -0.488 e. The van der Waals surface area contributed by atoms with Gasteiger partial charge in [0.1, 0.15) is 23.5 Å². The Hall–Kier alpha value is -2.08. The summed E-state index contributed by atoms with van der Waals surface area (Å²) in [6, 6.07) is 6.56. The molecule has 1 aliphatic heterocycles. The van der Waals surface area contributed by atoms with Gasteiger partial charge in [0, 0.05) is 13.0 Å². The van der Waals surface area contributed by atoms with E-state index >= 15 is 0 Å². The van der Waals surface area contributed by atoms with Gasteiger partial charge in [-0.2, -0.15) is 0 Å². The Morgan fingerprint density at radius 3 is 2.81 bits per heavy atom. The minimum atomic E-state index is -0.413. The van der Waals surface area contributed by atoms with Crippen molar-refractivity contribution >= 4 is 11.9 Å². The molecule has 6 nitrogen and oxygen atoms in total. The monoisotopic (exact) mass is 293 g/mol. The van der Waals surface area contributed by atoms with Crippen LogP contribution >= 0.6 is 0 Å². The van der Waals surface area contributed by atoms with Crippen molar-refractivity contribution in [2.24, 2.45) is 0 Å². The van der Waals surface area contributed by atoms with Gasteiger partial charge in [0.25, 0.3) is 0 Å². The fraction of sp³-hybridized carbons (Fsp3) is 0.467. The number of carbonyl (C=O) groups excluding carboxylic acids is 2. The molecule has 0 amide bonds. The lowest BCUT2D eigenvalue weighted by Crippen LogP contribution is -2.31. The summed E-state index contributed by atoms with van der Waals surface area (Å²) in [5, 5.41) is 3.04. The highest BCUT2D eigenvalue weighted by molar-refractivity contribution is 5.92. The molecular weight excluding hydrogens is 274 g/mol. The largest absolute Gasteiger partial charge is 0.488 e. The minimum absolute atomic E-state index is 0.190. The molecule has 2 unspecified atom stereocenters. The average Bonchev–Trinajstić information content (AvgIpc) is 2.96. The summed E-state index contributed by atoms with van der Waals surface area (Å²) in [5.41, 5.74) is 0.390. The van der Waals surface area contributed by atoms with E-state index in [9.17, 15) is 9.59 Å². The van der Waals surface area contributed by atoms with Gasteiger partial charge >= 0.3 is 11.9 Å². The molecule has 2 atom stereocenters. The van der Waals surface area contributed by atoms with Gasteiger partial charge in [-0.25, -0.2) is 4.79 Å². The molecular formula is C15H19NO5. The fourth-order valence-electron chi connectivity index (χ4n) is 2.24. The van der Waals surface area contributed by atoms with Crippen molar-refractivity contribution in [2.45, 2.75) is 25.5 Å². The van der Waals surface area contributed by atoms with Crippen molar-refractivity contribution in [1.29, 1.82) is 0 Å². The number of hydrogen-bond acceptors (Lipinski definition) is 6. The van der Waals surface area contributed by atoms with Crippen LogP contribution in [0, 0.1) is 0 Å². The number of nitrogens with one attached hydrogen (secondary N) is 1. The first kappa shape index (κ1) is 15.3. The summed E-state index contributed by atoms with van der Waals surface area (Å²) in [6.45, 7) is 2.59. The quantitative estimate of drug-likeness (QED) is 0.821. The average molecular weight is 293 g/mol. The lowest BCUT2D eigenvalue weighted by molar-refractivity contribution is -0.142. The summed E-state index contributed by atoms with van der Waals surface area (Å²) in [4.78, 5) is 23.3. The molecule has 1 aromatic carbocycles. The van der Waals surface area contributed by atoms with Crippen LogP contribution in [0.15, 0.2) is 24.3 Å². The molecule has 21 heavy (non-hydrogen) atoms. The highest BCUT2D eigenvalue weighted by Crippen LogP contribution is 2.23. The number of carbonyl (C=O) groups is 2. The van der Waals surface area contributed by atoms with Crippen molar-refractivity contribution in [3.05, 3.63) is 29.8 Å². The lowest BCUT2D eigenvalue weighted by atomic mass is 10.2. The summed E-state index contributed by atoms with van der Waals surface area (Å²) >= 11 is 0. The number of ether oxygens (including phenoxy) is 3. The van der Waals surface area contributed by atoms with E-state index in [1.165, 1.54) is 7.11 Å². The molecule has 1 N–H and O–H groups in total. The Morgan fingerprint density at radius 1 is 1.33 bits per heavy atom. The molecule has 2 rings (SSSR count). The normalized spacial score (nSPS) is 20.9. The van der Waals surface area contributed by atoms with E-state index < -0.39 is 5.97 Å². The van der Waals surface area contributed by atoms with Crippen molar-refractivity contribution in [3.63, 3.8) is 0 Å². The molecule has 0 spiro atoms. The Bertz CT molecular complexity index is 517. The third-order valence-electron chi connectivity index (χ3n) is 3.25. The fourth-order valence-corrected chi connectivity index (χ4v) is 2.24. The van der Waals surface area contributed by atoms with Gasteiger partial charge in [0.15, 0.2) is 0 Å². The predicted octanol–water partition coefficient (Wildman–Crippen LogP) is 1.15. The second-order valence-electron chi connectivity index (χ2n) is 4.68. The summed E-state index contributed by atoms with van der Waals surface area (Å²) in [7, 11) is 1.36. The Kier molecular flexibility index (Phi) is 5.16. The van der Waals surface area contributed by atoms with Gasteiger partial charge in [-0.15, -0.1) is 0 Å². The Labute approximate surface area is 123 Å². The zero-order valence-electron chi connectivity index (χ0n) is 12.1. The standard InChI is InChI=1S/C15H19NO5/c1-3-20-14(17)11-6-4-5-7-13(11)21-10-8-12(16-9-10)15(18)19-2/h4-7,10,12,16H,3,8-9H2,1-2H3. The van der Waals surface area contributed by atoms with E-state index in [1.54, 1.807) is 31.2 Å². The van der Waals surface area contributed by atoms with Crippen LogP contribution in [0.3, 0.4) is 0 Å². The van der Waals surface area contributed by atoms with Gasteiger partial charge < -0.3 is 19.5 Å². The first-order valence-electron chi connectivity index (χ1n) is 6.89. The van der Waals surface area contributed by atoms with E-state index in [1.807, 2.05) is 0 Å². The summed E-state index contributed by atoms with van der Waals surface area (Å²) in [6.07, 6.45) is 0.314. The number of rotatable bonds is 5. The molecule has 114 valence electrons. The molecule has 0 aromatic heterocycles. The van der Waals surface area contributed by atoms with Crippen LogP contribution in [0.5, 0.6) is 5.75 Å². The van der Waals surface area contributed by atoms with Gasteiger partial charge in [0.05, 0.1) is 13.7 Å². The molecule has 0 bridgehead atoms. The van der Waals surface area contributed by atoms with Gasteiger partial charge in [-0.05, 0) is 19.1 Å². The number of benzene rings is 1. The topological polar surface area (TPSA) is 73.9 Å². The molecule has 1 aliphatic rings. The molecule has 1 fully saturated rings. The third kappa shape index (κ3) is 3.72. The second kappa shape index (κ2) is 7.08. The van der Waals surface area contributed by atoms with Crippen molar-refractivity contribution < 1.29 is 23.8 Å². The number of methoxy groups -OCH3 is 1. The van der Waals surface area contributed by atoms with E-state index in [0.29, 0.717) is 30.9 Å². The molecule has 0 saturated carbocycles. The van der Waals surface area contributed by atoms with Crippen LogP contribution in [0.1, 0.15) is 23.7 Å². The van der Waals surface area contributed by atoms with Crippen LogP contribution in [-0.2, 0) is 14.3 Å². The molecule has 1 heterocycles. The maximum atomic E-state index is 11.9. The lowest BCUT2D eigenvalue weighted by Gasteiger charge is -2.15. The summed E-state index contributed by atoms with van der Waals surface area (Å²) < 4.78 is 15.5. The zero-order valence-corrected chi connectivity index (χ0v) is 12.1. The molecule has 1 saturated heterocycles. The molecule has 1 aromatic rings. The van der Waals surface area contributed by atoms with Crippen LogP contribution < -0.4 is 10.1 Å². The SMILES string of the molecule is CCOC(=O)c1ccccc1OC1CNC(C(=O)OC)C1. The number of para-hydroxylation sites is 1. The second-order valence-corrected chi connectivity index (χ2v) is 4.68. The van der Waals surface area contributed by atoms with E-state index in [0.717, 1.165) is 0 Å². The third-order valence-corrected chi connectivity index (χ3v) is 3.25. The first-order valence-corrected chi connectivity index (χ1v) is 6.89. The van der Waals surface area contributed by atoms with Gasteiger partial charge in [-0.3, -0.25) is 4.79 Å². The van der Waals surface area contributed by atoms with Crippen molar-refractivity contribution in [1.82, 2.24) is 5.32 Å². The van der Waals surface area contributed by atoms with E-state index in [4.69, 9.17) is 14.2 Å². The summed E-state index contributed by atoms with van der Waals surface area (Å²) in [5.74, 6) is -0.253. The first-order chi connectivity index (χ1) is 10.2. The predicted molar refractivity (Wildman–Crippen MR) is 75.2 cm³/mol. The smallest absolute Gasteiger partial charge is 0.341 e. The molecule has 6 heteroatoms. The van der Waals surface area contributed by atoms with Crippen molar-refractivity contribution in [3.8, 4) is 5.75 Å². The van der Waals surface area contributed by atoms with Gasteiger partial charge in [-0.1, -0.05) is 12.1 Å². The molecule has 0 radical (unpaired) electrons. The van der Waals surface area contributed by atoms with E-state index in [-0.39, 0.29) is 18.1 Å². The van der Waals surface area contributed by atoms with Crippen molar-refractivity contribution in [2.75, 3.05) is 20.3 Å². The van der Waals surface area contributed by atoms with Crippen LogP contribution in [0.2, 0.25) is 0 Å². The van der Waals surface area contributed by atoms with Crippen LogP contribution in [-0.4, -0.2) is 44.3 Å². The van der Waals surface area contributed by atoms with Crippen LogP contribution in [0.4, 0.5) is 0 Å². The van der Waals surface area contributed by atoms with Gasteiger partial charge in [0.2, 0.25) is 0 Å². The molecule has 0 aliphatic carbocycles. The Balaban J connectivity index is 2.04. The maximum absolute atomic E-state index is 11.9. The number of hydrogen-bond donors (Lipinski definition) is 1. The Morgan fingerprint density at radius 2 is 2.10 bits per heavy atom. The van der Waals surface area contributed by atoms with E-state index in [2.05, 4.69) is 5.32 Å². The highest BCUT2D eigenvalue weighted by atomic mass is 16.5. The maximum Gasteiger partial charge on any atom is 0.341 e. The zero-order chi connectivity index (χ0) is 15.2. The van der Waals surface area contributed by atoms with Crippen LogP contribution in [0.25, 0.3) is 0 Å². The highest BCUT2D eigenvalue weighted by Gasteiger charge is 2.32. The number of esters is 2.